The van der Waals surface area contributed by atoms with Crippen molar-refractivity contribution >= 4 is 11.7 Å². The van der Waals surface area contributed by atoms with Gasteiger partial charge in [-0.15, -0.1) is 0 Å². The highest BCUT2D eigenvalue weighted by Gasteiger charge is 2.31. The van der Waals surface area contributed by atoms with Gasteiger partial charge in [-0.1, -0.05) is 20.3 Å². The summed E-state index contributed by atoms with van der Waals surface area (Å²) < 4.78 is 0. The van der Waals surface area contributed by atoms with Crippen LogP contribution < -0.4 is 5.73 Å². The van der Waals surface area contributed by atoms with Gasteiger partial charge in [-0.2, -0.15) is 5.10 Å². The van der Waals surface area contributed by atoms with Gasteiger partial charge in [0.2, 0.25) is 0 Å². The SMILES string of the molecule is CCC1(C)CCN(C(=O)c2cc(N)n[nH]2)CC1. The lowest BCUT2D eigenvalue weighted by molar-refractivity contribution is 0.0594. The number of rotatable bonds is 2. The molecule has 0 unspecified atom stereocenters. The van der Waals surface area contributed by atoms with E-state index in [4.69, 9.17) is 5.73 Å². The number of aromatic nitrogens is 2. The number of hydrogen-bond acceptors (Lipinski definition) is 3. The number of anilines is 1. The summed E-state index contributed by atoms with van der Waals surface area (Å²) >= 11 is 0. The van der Waals surface area contributed by atoms with Crippen molar-refractivity contribution in [2.45, 2.75) is 33.1 Å². The molecule has 0 radical (unpaired) electrons. The van der Waals surface area contributed by atoms with Crippen molar-refractivity contribution in [1.82, 2.24) is 15.1 Å². The molecule has 1 aliphatic rings. The van der Waals surface area contributed by atoms with Crippen LogP contribution in [-0.2, 0) is 0 Å². The third-order valence-electron chi connectivity index (χ3n) is 3.94. The van der Waals surface area contributed by atoms with E-state index in [1.807, 2.05) is 4.90 Å². The van der Waals surface area contributed by atoms with Gasteiger partial charge in [-0.3, -0.25) is 9.89 Å². The number of likely N-dealkylation sites (tertiary alicyclic amines) is 1. The van der Waals surface area contributed by atoms with E-state index in [1.165, 1.54) is 6.42 Å². The minimum atomic E-state index is 0.00681. The fourth-order valence-electron chi connectivity index (χ4n) is 2.22. The average Bonchev–Trinajstić information content (AvgIpc) is 2.76. The molecular formula is C12H20N4O. The van der Waals surface area contributed by atoms with Crippen LogP contribution in [-0.4, -0.2) is 34.1 Å². The van der Waals surface area contributed by atoms with Crippen molar-refractivity contribution in [2.75, 3.05) is 18.8 Å². The van der Waals surface area contributed by atoms with Gasteiger partial charge in [-0.25, -0.2) is 0 Å². The van der Waals surface area contributed by atoms with Gasteiger partial charge in [0.1, 0.15) is 11.5 Å². The molecular weight excluding hydrogens is 216 g/mol. The number of piperidine rings is 1. The highest BCUT2D eigenvalue weighted by Crippen LogP contribution is 2.34. The molecule has 2 heterocycles. The standard InChI is InChI=1S/C12H20N4O/c1-3-12(2)4-6-16(7-5-12)11(17)9-8-10(13)15-14-9/h8H,3-7H2,1-2H3,(H3,13,14,15). The van der Waals surface area contributed by atoms with Gasteiger partial charge in [0.25, 0.3) is 5.91 Å². The quantitative estimate of drug-likeness (QED) is 0.819. The van der Waals surface area contributed by atoms with Gasteiger partial charge in [0.15, 0.2) is 0 Å². The van der Waals surface area contributed by atoms with Gasteiger partial charge < -0.3 is 10.6 Å². The zero-order chi connectivity index (χ0) is 12.5. The first-order valence-corrected chi connectivity index (χ1v) is 6.14. The summed E-state index contributed by atoms with van der Waals surface area (Å²) in [6.45, 7) is 6.15. The number of carbonyl (C=O) groups is 1. The molecule has 0 aromatic carbocycles. The molecule has 1 aromatic rings. The monoisotopic (exact) mass is 236 g/mol. The molecule has 0 bridgehead atoms. The zero-order valence-electron chi connectivity index (χ0n) is 10.5. The Morgan fingerprint density at radius 3 is 2.71 bits per heavy atom. The van der Waals surface area contributed by atoms with E-state index in [0.717, 1.165) is 25.9 Å². The molecule has 17 heavy (non-hydrogen) atoms. The Morgan fingerprint density at radius 1 is 1.59 bits per heavy atom. The molecule has 1 aromatic heterocycles. The van der Waals surface area contributed by atoms with E-state index in [1.54, 1.807) is 6.07 Å². The van der Waals surface area contributed by atoms with Crippen LogP contribution in [0, 0.1) is 5.41 Å². The Labute approximate surface area is 101 Å². The van der Waals surface area contributed by atoms with Crippen LogP contribution in [0.2, 0.25) is 0 Å². The molecule has 2 rings (SSSR count). The molecule has 0 atom stereocenters. The van der Waals surface area contributed by atoms with Crippen molar-refractivity contribution < 1.29 is 4.79 Å². The summed E-state index contributed by atoms with van der Waals surface area (Å²) in [5.74, 6) is 0.371. The summed E-state index contributed by atoms with van der Waals surface area (Å²) in [5, 5.41) is 6.45. The number of nitrogens with one attached hydrogen (secondary N) is 1. The minimum absolute atomic E-state index is 0.00681. The van der Waals surface area contributed by atoms with Crippen LogP contribution in [0.25, 0.3) is 0 Å². The molecule has 94 valence electrons. The van der Waals surface area contributed by atoms with E-state index in [2.05, 4.69) is 24.0 Å². The maximum Gasteiger partial charge on any atom is 0.271 e. The number of aromatic amines is 1. The first kappa shape index (κ1) is 12.0. The van der Waals surface area contributed by atoms with Crippen LogP contribution in [0.4, 0.5) is 5.82 Å². The molecule has 5 heteroatoms. The van der Waals surface area contributed by atoms with Crippen LogP contribution in [0.5, 0.6) is 0 Å². The lowest BCUT2D eigenvalue weighted by Gasteiger charge is -2.38. The van der Waals surface area contributed by atoms with Crippen molar-refractivity contribution in [3.05, 3.63) is 11.8 Å². The Hall–Kier alpha value is -1.52. The Kier molecular flexibility index (Phi) is 3.09. The number of hydrogen-bond donors (Lipinski definition) is 2. The van der Waals surface area contributed by atoms with E-state index in [0.29, 0.717) is 16.9 Å². The lowest BCUT2D eigenvalue weighted by atomic mass is 9.78. The Balaban J connectivity index is 1.99. The van der Waals surface area contributed by atoms with E-state index in [-0.39, 0.29) is 5.91 Å². The maximum absolute atomic E-state index is 12.1. The van der Waals surface area contributed by atoms with Crippen LogP contribution in [0.3, 0.4) is 0 Å². The second kappa shape index (κ2) is 4.39. The maximum atomic E-state index is 12.1. The van der Waals surface area contributed by atoms with Crippen LogP contribution >= 0.6 is 0 Å². The van der Waals surface area contributed by atoms with E-state index >= 15 is 0 Å². The highest BCUT2D eigenvalue weighted by molar-refractivity contribution is 5.93. The topological polar surface area (TPSA) is 75.0 Å². The Morgan fingerprint density at radius 2 is 2.24 bits per heavy atom. The van der Waals surface area contributed by atoms with Crippen LogP contribution in [0.15, 0.2) is 6.07 Å². The first-order valence-electron chi connectivity index (χ1n) is 6.14. The van der Waals surface area contributed by atoms with Gasteiger partial charge in [0, 0.05) is 19.2 Å². The van der Waals surface area contributed by atoms with Crippen molar-refractivity contribution in [2.24, 2.45) is 5.41 Å². The van der Waals surface area contributed by atoms with E-state index in [9.17, 15) is 4.79 Å². The molecule has 1 fully saturated rings. The molecule has 3 N–H and O–H groups in total. The average molecular weight is 236 g/mol. The zero-order valence-corrected chi connectivity index (χ0v) is 10.5. The number of amides is 1. The summed E-state index contributed by atoms with van der Waals surface area (Å²) in [7, 11) is 0. The Bertz CT molecular complexity index is 404. The summed E-state index contributed by atoms with van der Waals surface area (Å²) in [6, 6.07) is 1.59. The first-order chi connectivity index (χ1) is 8.04. The van der Waals surface area contributed by atoms with Crippen molar-refractivity contribution in [3.8, 4) is 0 Å². The molecule has 1 aliphatic heterocycles. The summed E-state index contributed by atoms with van der Waals surface area (Å²) in [5.41, 5.74) is 6.38. The van der Waals surface area contributed by atoms with Crippen molar-refractivity contribution in [3.63, 3.8) is 0 Å². The fourth-order valence-corrected chi connectivity index (χ4v) is 2.22. The van der Waals surface area contributed by atoms with Crippen molar-refractivity contribution in [1.29, 1.82) is 0 Å². The molecule has 0 spiro atoms. The number of nitrogens with zero attached hydrogens (tertiary/aromatic N) is 2. The number of H-pyrrole nitrogens is 1. The second-order valence-electron chi connectivity index (χ2n) is 5.16. The minimum Gasteiger partial charge on any atom is -0.382 e. The molecule has 1 saturated heterocycles. The smallest absolute Gasteiger partial charge is 0.271 e. The number of nitrogens with two attached hydrogens (primary N) is 1. The third kappa shape index (κ3) is 2.43. The van der Waals surface area contributed by atoms with Crippen LogP contribution in [0.1, 0.15) is 43.6 Å². The predicted molar refractivity (Wildman–Crippen MR) is 66.5 cm³/mol. The fraction of sp³-hybridized carbons (Fsp3) is 0.667. The van der Waals surface area contributed by atoms with Gasteiger partial charge >= 0.3 is 0 Å². The van der Waals surface area contributed by atoms with Gasteiger partial charge in [0.05, 0.1) is 0 Å². The predicted octanol–water partition coefficient (Wildman–Crippen LogP) is 1.64. The lowest BCUT2D eigenvalue weighted by Crippen LogP contribution is -2.42. The largest absolute Gasteiger partial charge is 0.382 e. The summed E-state index contributed by atoms with van der Waals surface area (Å²) in [4.78, 5) is 14.0. The third-order valence-corrected chi connectivity index (χ3v) is 3.94. The van der Waals surface area contributed by atoms with Gasteiger partial charge in [-0.05, 0) is 18.3 Å². The molecule has 0 aliphatic carbocycles. The number of carbonyl (C=O) groups excluding carboxylic acids is 1. The molecule has 0 saturated carbocycles. The normalized spacial score (nSPS) is 19.3. The summed E-state index contributed by atoms with van der Waals surface area (Å²) in [6.07, 6.45) is 3.31. The highest BCUT2D eigenvalue weighted by atomic mass is 16.2. The molecule has 1 amide bonds. The second-order valence-corrected chi connectivity index (χ2v) is 5.16. The number of nitrogen functional groups attached to an aromatic ring is 1. The van der Waals surface area contributed by atoms with E-state index < -0.39 is 0 Å². The molecule has 5 nitrogen and oxygen atoms in total.